The summed E-state index contributed by atoms with van der Waals surface area (Å²) in [6.07, 6.45) is 2.83. The zero-order chi connectivity index (χ0) is 21.1. The van der Waals surface area contributed by atoms with Crippen molar-refractivity contribution in [3.05, 3.63) is 68.8 Å². The Hall–Kier alpha value is -4.08. The summed E-state index contributed by atoms with van der Waals surface area (Å²) in [6.45, 7) is 0. The molecule has 0 spiro atoms. The predicted octanol–water partition coefficient (Wildman–Crippen LogP) is 2.03. The van der Waals surface area contributed by atoms with E-state index in [9.17, 15) is 19.7 Å². The molecule has 0 bridgehead atoms. The molecule has 0 saturated carbocycles. The number of benzene rings is 1. The first kappa shape index (κ1) is 19.7. The second-order valence-electron chi connectivity index (χ2n) is 6.25. The normalized spacial score (nSPS) is 11.0. The molecular weight excluding hydrogens is 378 g/mol. The Morgan fingerprint density at radius 1 is 1.31 bits per heavy atom. The number of nitro benzene ring substituents is 1. The lowest BCUT2D eigenvalue weighted by atomic mass is 10.1. The number of rotatable bonds is 5. The molecule has 0 unspecified atom stereocenters. The molecule has 10 heteroatoms. The summed E-state index contributed by atoms with van der Waals surface area (Å²) in [5, 5.41) is 11.9. The molecule has 3 rings (SSSR count). The number of nitro groups is 1. The second-order valence-corrected chi connectivity index (χ2v) is 6.25. The molecule has 3 aromatic rings. The van der Waals surface area contributed by atoms with Gasteiger partial charge in [0, 0.05) is 26.4 Å². The zero-order valence-electron chi connectivity index (χ0n) is 15.9. The van der Waals surface area contributed by atoms with Crippen LogP contribution in [0.4, 0.5) is 5.69 Å². The van der Waals surface area contributed by atoms with Gasteiger partial charge in [-0.1, -0.05) is 6.07 Å². The second kappa shape index (κ2) is 7.89. The van der Waals surface area contributed by atoms with E-state index in [0.29, 0.717) is 5.39 Å². The fraction of sp³-hybridized carbons (Fsp3) is 0.158. The number of nitrogens with zero attached hydrogens (tertiary/aromatic N) is 5. The number of aromatic nitrogens is 2. The van der Waals surface area contributed by atoms with Gasteiger partial charge in [-0.3, -0.25) is 24.3 Å². The topological polar surface area (TPSA) is 120 Å². The van der Waals surface area contributed by atoms with E-state index in [0.717, 1.165) is 0 Å². The largest absolute Gasteiger partial charge is 0.490 e. The van der Waals surface area contributed by atoms with Crippen LogP contribution in [0.15, 0.2) is 52.4 Å². The molecule has 0 radical (unpaired) electrons. The molecule has 148 valence electrons. The maximum Gasteiger partial charge on any atom is 0.311 e. The van der Waals surface area contributed by atoms with Crippen molar-refractivity contribution in [2.75, 3.05) is 21.2 Å². The Bertz CT molecular complexity index is 1200. The lowest BCUT2D eigenvalue weighted by Crippen LogP contribution is -2.19. The van der Waals surface area contributed by atoms with E-state index in [2.05, 4.69) is 9.98 Å². The lowest BCUT2D eigenvalue weighted by molar-refractivity contribution is -0.385. The number of aliphatic imine (C=N–C) groups is 1. The van der Waals surface area contributed by atoms with Gasteiger partial charge in [-0.25, -0.2) is 4.98 Å². The molecule has 2 aromatic heterocycles. The van der Waals surface area contributed by atoms with E-state index in [4.69, 9.17) is 4.74 Å². The van der Waals surface area contributed by atoms with Crippen LogP contribution in [0.1, 0.15) is 10.5 Å². The highest BCUT2D eigenvalue weighted by Gasteiger charge is 2.18. The average Bonchev–Trinajstić information content (AvgIpc) is 2.71. The maximum atomic E-state index is 12.9. The van der Waals surface area contributed by atoms with Gasteiger partial charge in [0.25, 0.3) is 11.5 Å². The molecule has 1 aromatic carbocycles. The van der Waals surface area contributed by atoms with Crippen LogP contribution in [-0.4, -0.2) is 52.8 Å². The van der Waals surface area contributed by atoms with Crippen molar-refractivity contribution >= 4 is 28.7 Å². The number of pyridine rings is 2. The molecule has 10 nitrogen and oxygen atoms in total. The Morgan fingerprint density at radius 3 is 2.72 bits per heavy atom. The highest BCUT2D eigenvalue weighted by atomic mass is 16.6. The summed E-state index contributed by atoms with van der Waals surface area (Å²) >= 11 is 0. The van der Waals surface area contributed by atoms with Gasteiger partial charge in [0.05, 0.1) is 23.8 Å². The monoisotopic (exact) mass is 395 g/mol. The Morgan fingerprint density at radius 2 is 2.07 bits per heavy atom. The molecule has 0 N–H and O–H groups in total. The van der Waals surface area contributed by atoms with Crippen LogP contribution in [0.25, 0.3) is 16.6 Å². The van der Waals surface area contributed by atoms with Gasteiger partial charge < -0.3 is 9.64 Å². The van der Waals surface area contributed by atoms with Gasteiger partial charge in [-0.2, -0.15) is 4.99 Å². The van der Waals surface area contributed by atoms with Crippen LogP contribution in [0, 0.1) is 10.1 Å². The third-order valence-electron chi connectivity index (χ3n) is 4.01. The first-order valence-corrected chi connectivity index (χ1v) is 8.42. The maximum absolute atomic E-state index is 12.9. The molecule has 29 heavy (non-hydrogen) atoms. The van der Waals surface area contributed by atoms with Gasteiger partial charge in [0.1, 0.15) is 11.5 Å². The molecule has 0 fully saturated rings. The van der Waals surface area contributed by atoms with Crippen molar-refractivity contribution in [3.8, 4) is 11.6 Å². The van der Waals surface area contributed by atoms with Crippen molar-refractivity contribution in [2.45, 2.75) is 0 Å². The first-order chi connectivity index (χ1) is 13.8. The zero-order valence-corrected chi connectivity index (χ0v) is 15.9. The summed E-state index contributed by atoms with van der Waals surface area (Å²) < 4.78 is 6.25. The predicted molar refractivity (Wildman–Crippen MR) is 107 cm³/mol. The minimum atomic E-state index is -0.616. The van der Waals surface area contributed by atoms with Crippen molar-refractivity contribution in [1.29, 1.82) is 0 Å². The van der Waals surface area contributed by atoms with E-state index in [-0.39, 0.29) is 28.3 Å². The third kappa shape index (κ3) is 3.95. The number of hydrogen-bond donors (Lipinski definition) is 0. The number of carbonyl (C=O) groups excluding carboxylic acids is 1. The van der Waals surface area contributed by atoms with Crippen molar-refractivity contribution in [3.63, 3.8) is 0 Å². The molecule has 0 aliphatic rings. The fourth-order valence-corrected chi connectivity index (χ4v) is 2.66. The molecule has 0 aliphatic heterocycles. The van der Waals surface area contributed by atoms with Crippen LogP contribution < -0.4 is 10.3 Å². The minimum absolute atomic E-state index is 0.0594. The Balaban J connectivity index is 2.12. The van der Waals surface area contributed by atoms with Crippen LogP contribution in [0.3, 0.4) is 0 Å². The van der Waals surface area contributed by atoms with Crippen molar-refractivity contribution in [1.82, 2.24) is 14.5 Å². The highest BCUT2D eigenvalue weighted by Crippen LogP contribution is 2.30. The highest BCUT2D eigenvalue weighted by molar-refractivity contribution is 5.97. The third-order valence-corrected chi connectivity index (χ3v) is 4.01. The van der Waals surface area contributed by atoms with Gasteiger partial charge >= 0.3 is 5.69 Å². The quantitative estimate of drug-likeness (QED) is 0.280. The minimum Gasteiger partial charge on any atom is -0.490 e. The van der Waals surface area contributed by atoms with E-state index in [1.54, 1.807) is 37.2 Å². The number of hydrogen-bond acceptors (Lipinski definition) is 6. The number of methoxy groups -OCH3 is 1. The van der Waals surface area contributed by atoms with Crippen LogP contribution in [-0.2, 0) is 0 Å². The molecular formula is C19H17N5O5. The molecule has 2 heterocycles. The lowest BCUT2D eigenvalue weighted by Gasteiger charge is -2.09. The number of carbonyl (C=O) groups is 1. The van der Waals surface area contributed by atoms with Crippen LogP contribution in [0.2, 0.25) is 0 Å². The van der Waals surface area contributed by atoms with E-state index >= 15 is 0 Å². The average molecular weight is 395 g/mol. The molecule has 0 aliphatic carbocycles. The number of ether oxygens (including phenoxy) is 1. The van der Waals surface area contributed by atoms with Gasteiger partial charge in [0.15, 0.2) is 5.75 Å². The molecule has 1 amide bonds. The summed E-state index contributed by atoms with van der Waals surface area (Å²) in [5.74, 6) is -0.305. The molecule has 0 saturated heterocycles. The van der Waals surface area contributed by atoms with Crippen LogP contribution >= 0.6 is 0 Å². The first-order valence-electron chi connectivity index (χ1n) is 8.42. The Kier molecular flexibility index (Phi) is 5.35. The van der Waals surface area contributed by atoms with E-state index in [1.165, 1.54) is 42.4 Å². The summed E-state index contributed by atoms with van der Waals surface area (Å²) in [4.78, 5) is 45.3. The standard InChI is InChI=1S/C19H17N5O5/c1-22(2)11-20-18(25)14-5-4-6-17(21-14)23-8-7-12-9-16(29-3)15(24(27)28)10-13(12)19(23)26/h4-11H,1-3H3/b20-11+. The van der Waals surface area contributed by atoms with E-state index in [1.807, 2.05) is 0 Å². The van der Waals surface area contributed by atoms with Gasteiger partial charge in [-0.15, -0.1) is 0 Å². The summed E-state index contributed by atoms with van der Waals surface area (Å²) in [6, 6.07) is 8.83. The SMILES string of the molecule is COc1cc2ccn(-c3cccc(C(=O)/N=C/N(C)C)n3)c(=O)c2cc1[N+](=O)[O-]. The molecule has 0 atom stereocenters. The fourth-order valence-electron chi connectivity index (χ4n) is 2.66. The summed E-state index contributed by atoms with van der Waals surface area (Å²) in [7, 11) is 4.77. The van der Waals surface area contributed by atoms with Crippen molar-refractivity contribution in [2.24, 2.45) is 4.99 Å². The summed E-state index contributed by atoms with van der Waals surface area (Å²) in [5.41, 5.74) is -0.764. The van der Waals surface area contributed by atoms with Gasteiger partial charge in [-0.05, 0) is 29.7 Å². The van der Waals surface area contributed by atoms with Gasteiger partial charge in [0.2, 0.25) is 0 Å². The smallest absolute Gasteiger partial charge is 0.311 e. The van der Waals surface area contributed by atoms with E-state index < -0.39 is 16.4 Å². The number of amides is 1. The number of fused-ring (bicyclic) bond motifs is 1. The Labute approximate surface area is 164 Å². The van der Waals surface area contributed by atoms with Crippen LogP contribution in [0.5, 0.6) is 5.75 Å². The van der Waals surface area contributed by atoms with Crippen molar-refractivity contribution < 1.29 is 14.5 Å².